The van der Waals surface area contributed by atoms with Gasteiger partial charge in [0.1, 0.15) is 0 Å². The van der Waals surface area contributed by atoms with Crippen molar-refractivity contribution < 1.29 is 9.53 Å². The van der Waals surface area contributed by atoms with E-state index in [1.165, 1.54) is 7.11 Å². The number of esters is 1. The van der Waals surface area contributed by atoms with Crippen molar-refractivity contribution in [1.29, 1.82) is 5.26 Å². The lowest BCUT2D eigenvalue weighted by Gasteiger charge is -2.16. The Kier molecular flexibility index (Phi) is 5.14. The summed E-state index contributed by atoms with van der Waals surface area (Å²) in [7, 11) is 1.41. The van der Waals surface area contributed by atoms with E-state index in [1.807, 2.05) is 18.2 Å². The van der Waals surface area contributed by atoms with Gasteiger partial charge < -0.3 is 10.1 Å². The van der Waals surface area contributed by atoms with E-state index in [0.29, 0.717) is 12.1 Å². The molecule has 5 heteroatoms. The van der Waals surface area contributed by atoms with Crippen LogP contribution < -0.4 is 5.32 Å². The standard InChI is InChI=1S/C13H14N2O2.ClH/c1-17-13(16)12-8-15-7-11(12)10-4-2-3-9(5-10)6-14;/h2-5,11-12,15H,7-8H2,1H3;1H/t11-,12+;/m1./s1. The number of halogens is 1. The van der Waals surface area contributed by atoms with E-state index in [-0.39, 0.29) is 30.2 Å². The highest BCUT2D eigenvalue weighted by Crippen LogP contribution is 2.29. The molecule has 0 bridgehead atoms. The SMILES string of the molecule is COC(=O)[C@H]1CNC[C@@H]1c1cccc(C#N)c1.Cl. The van der Waals surface area contributed by atoms with Crippen molar-refractivity contribution in [2.75, 3.05) is 20.2 Å². The molecule has 2 atom stereocenters. The van der Waals surface area contributed by atoms with E-state index in [9.17, 15) is 4.79 Å². The summed E-state index contributed by atoms with van der Waals surface area (Å²) in [5.41, 5.74) is 1.64. The molecular weight excluding hydrogens is 252 g/mol. The molecule has 0 unspecified atom stereocenters. The third-order valence-electron chi connectivity index (χ3n) is 3.16. The predicted molar refractivity (Wildman–Crippen MR) is 69.5 cm³/mol. The summed E-state index contributed by atoms with van der Waals surface area (Å²) in [5.74, 6) is -0.257. The van der Waals surface area contributed by atoms with Crippen LogP contribution in [-0.4, -0.2) is 26.2 Å². The maximum Gasteiger partial charge on any atom is 0.310 e. The van der Waals surface area contributed by atoms with Crippen LogP contribution in [0.25, 0.3) is 0 Å². The van der Waals surface area contributed by atoms with E-state index >= 15 is 0 Å². The molecule has 96 valence electrons. The third-order valence-corrected chi connectivity index (χ3v) is 3.16. The molecule has 0 spiro atoms. The molecule has 1 N–H and O–H groups in total. The summed E-state index contributed by atoms with van der Waals surface area (Å²) in [6, 6.07) is 9.52. The predicted octanol–water partition coefficient (Wildman–Crippen LogP) is 1.46. The summed E-state index contributed by atoms with van der Waals surface area (Å²) in [4.78, 5) is 11.6. The van der Waals surface area contributed by atoms with Gasteiger partial charge in [0.05, 0.1) is 24.7 Å². The topological polar surface area (TPSA) is 62.1 Å². The lowest BCUT2D eigenvalue weighted by molar-refractivity contribution is -0.145. The first-order chi connectivity index (χ1) is 8.26. The fourth-order valence-corrected chi connectivity index (χ4v) is 2.27. The highest BCUT2D eigenvalue weighted by molar-refractivity contribution is 5.85. The second-order valence-corrected chi connectivity index (χ2v) is 4.13. The van der Waals surface area contributed by atoms with Gasteiger partial charge in [-0.3, -0.25) is 4.79 Å². The minimum Gasteiger partial charge on any atom is -0.469 e. The minimum atomic E-state index is -0.192. The fraction of sp³-hybridized carbons (Fsp3) is 0.385. The highest BCUT2D eigenvalue weighted by Gasteiger charge is 2.34. The summed E-state index contributed by atoms with van der Waals surface area (Å²) in [6.07, 6.45) is 0. The Morgan fingerprint density at radius 1 is 1.50 bits per heavy atom. The van der Waals surface area contributed by atoms with Crippen molar-refractivity contribution in [3.63, 3.8) is 0 Å². The summed E-state index contributed by atoms with van der Waals surface area (Å²) >= 11 is 0. The molecule has 0 saturated carbocycles. The third kappa shape index (κ3) is 2.81. The summed E-state index contributed by atoms with van der Waals surface area (Å²) in [6.45, 7) is 1.38. The largest absolute Gasteiger partial charge is 0.469 e. The van der Waals surface area contributed by atoms with Crippen LogP contribution in [0.2, 0.25) is 0 Å². The van der Waals surface area contributed by atoms with Gasteiger partial charge in [0.25, 0.3) is 0 Å². The zero-order valence-electron chi connectivity index (χ0n) is 10.1. The average molecular weight is 267 g/mol. The van der Waals surface area contributed by atoms with Gasteiger partial charge in [-0.15, -0.1) is 12.4 Å². The number of hydrogen-bond acceptors (Lipinski definition) is 4. The molecule has 18 heavy (non-hydrogen) atoms. The first kappa shape index (κ1) is 14.5. The Balaban J connectivity index is 0.00000162. The Morgan fingerprint density at radius 2 is 2.28 bits per heavy atom. The summed E-state index contributed by atoms with van der Waals surface area (Å²) in [5, 5.41) is 12.1. The van der Waals surface area contributed by atoms with Crippen LogP contribution >= 0.6 is 12.4 Å². The van der Waals surface area contributed by atoms with Gasteiger partial charge in [-0.1, -0.05) is 12.1 Å². The molecule has 0 aliphatic carbocycles. The van der Waals surface area contributed by atoms with E-state index in [4.69, 9.17) is 10.00 Å². The molecule has 1 fully saturated rings. The van der Waals surface area contributed by atoms with E-state index in [2.05, 4.69) is 11.4 Å². The normalized spacial score (nSPS) is 21.8. The van der Waals surface area contributed by atoms with Gasteiger partial charge in [-0.2, -0.15) is 5.26 Å². The number of ether oxygens (including phenoxy) is 1. The van der Waals surface area contributed by atoms with Crippen molar-refractivity contribution in [2.45, 2.75) is 5.92 Å². The number of carbonyl (C=O) groups is 1. The van der Waals surface area contributed by atoms with Crippen molar-refractivity contribution in [1.82, 2.24) is 5.32 Å². The molecule has 1 heterocycles. The van der Waals surface area contributed by atoms with Crippen molar-refractivity contribution in [2.24, 2.45) is 5.92 Å². The number of hydrogen-bond donors (Lipinski definition) is 1. The van der Waals surface area contributed by atoms with Crippen LogP contribution in [0.5, 0.6) is 0 Å². The minimum absolute atomic E-state index is 0. The molecule has 0 radical (unpaired) electrons. The molecule has 4 nitrogen and oxygen atoms in total. The Bertz CT molecular complexity index is 470. The maximum atomic E-state index is 11.6. The van der Waals surface area contributed by atoms with Crippen LogP contribution in [0.4, 0.5) is 0 Å². The zero-order valence-corrected chi connectivity index (χ0v) is 10.9. The molecule has 1 saturated heterocycles. The Hall–Kier alpha value is -1.57. The number of methoxy groups -OCH3 is 1. The summed E-state index contributed by atoms with van der Waals surface area (Å²) < 4.78 is 4.80. The molecule has 1 aliphatic rings. The smallest absolute Gasteiger partial charge is 0.310 e. The van der Waals surface area contributed by atoms with Gasteiger partial charge in [0.15, 0.2) is 0 Å². The van der Waals surface area contributed by atoms with Crippen molar-refractivity contribution in [3.05, 3.63) is 35.4 Å². The molecular formula is C13H15ClN2O2. The number of rotatable bonds is 2. The second kappa shape index (κ2) is 6.39. The first-order valence-electron chi connectivity index (χ1n) is 5.55. The van der Waals surface area contributed by atoms with Crippen LogP contribution in [0, 0.1) is 17.2 Å². The fourth-order valence-electron chi connectivity index (χ4n) is 2.27. The van der Waals surface area contributed by atoms with Gasteiger partial charge in [0.2, 0.25) is 0 Å². The number of nitrogens with one attached hydrogen (secondary N) is 1. The lowest BCUT2D eigenvalue weighted by atomic mass is 9.88. The van der Waals surface area contributed by atoms with Crippen LogP contribution in [0.3, 0.4) is 0 Å². The number of nitrogens with zero attached hydrogens (tertiary/aromatic N) is 1. The molecule has 0 amide bonds. The second-order valence-electron chi connectivity index (χ2n) is 4.13. The van der Waals surface area contributed by atoms with Gasteiger partial charge >= 0.3 is 5.97 Å². The quantitative estimate of drug-likeness (QED) is 0.823. The molecule has 1 aromatic rings. The van der Waals surface area contributed by atoms with Crippen LogP contribution in [0.15, 0.2) is 24.3 Å². The molecule has 0 aromatic heterocycles. The van der Waals surface area contributed by atoms with E-state index in [1.54, 1.807) is 6.07 Å². The maximum absolute atomic E-state index is 11.6. The monoisotopic (exact) mass is 266 g/mol. The Morgan fingerprint density at radius 3 is 2.94 bits per heavy atom. The lowest BCUT2D eigenvalue weighted by Crippen LogP contribution is -2.22. The Labute approximate surface area is 112 Å². The van der Waals surface area contributed by atoms with Crippen LogP contribution in [0.1, 0.15) is 17.0 Å². The van der Waals surface area contributed by atoms with Crippen molar-refractivity contribution in [3.8, 4) is 6.07 Å². The zero-order chi connectivity index (χ0) is 12.3. The number of benzene rings is 1. The van der Waals surface area contributed by atoms with Gasteiger partial charge in [0, 0.05) is 19.0 Å². The van der Waals surface area contributed by atoms with Gasteiger partial charge in [-0.25, -0.2) is 0 Å². The van der Waals surface area contributed by atoms with Crippen molar-refractivity contribution >= 4 is 18.4 Å². The number of carbonyl (C=O) groups excluding carboxylic acids is 1. The average Bonchev–Trinajstić information content (AvgIpc) is 2.87. The first-order valence-corrected chi connectivity index (χ1v) is 5.55. The molecule has 1 aromatic carbocycles. The number of nitriles is 1. The highest BCUT2D eigenvalue weighted by atomic mass is 35.5. The van der Waals surface area contributed by atoms with Gasteiger partial charge in [-0.05, 0) is 17.7 Å². The molecule has 1 aliphatic heterocycles. The van der Waals surface area contributed by atoms with E-state index in [0.717, 1.165) is 12.1 Å². The molecule has 2 rings (SSSR count). The van der Waals surface area contributed by atoms with Crippen LogP contribution in [-0.2, 0) is 9.53 Å². The van der Waals surface area contributed by atoms with E-state index < -0.39 is 0 Å².